The Hall–Kier alpha value is -8.85. The van der Waals surface area contributed by atoms with Gasteiger partial charge in [0.25, 0.3) is 5.91 Å². The van der Waals surface area contributed by atoms with E-state index in [9.17, 15) is 84.0 Å². The Labute approximate surface area is 634 Å². The number of carboxylic acid groups (broad SMARTS) is 1. The number of anilines is 4. The van der Waals surface area contributed by atoms with Gasteiger partial charge in [-0.05, 0) is 150 Å². The van der Waals surface area contributed by atoms with E-state index in [0.717, 1.165) is 112 Å². The van der Waals surface area contributed by atoms with Crippen LogP contribution in [0.5, 0.6) is 0 Å². The number of nitrogens with zero attached hydrogens (tertiary/aromatic N) is 4. The third kappa shape index (κ3) is 20.8. The molecule has 0 bridgehead atoms. The molecular formula is C74H102F6N11O18P. The minimum atomic E-state index is -4.70. The van der Waals surface area contributed by atoms with Crippen molar-refractivity contribution in [2.75, 3.05) is 73.9 Å². The molecule has 608 valence electrons. The van der Waals surface area contributed by atoms with Gasteiger partial charge in [0.2, 0.25) is 23.6 Å². The van der Waals surface area contributed by atoms with Crippen LogP contribution < -0.4 is 46.8 Å². The molecule has 2 aromatic rings. The third-order valence-electron chi connectivity index (χ3n) is 21.5. The fourth-order valence-corrected chi connectivity index (χ4v) is 15.9. The summed E-state index contributed by atoms with van der Waals surface area (Å²) in [5.41, 5.74) is -6.48. The molecular weight excluding hydrogens is 1480 g/mol. The summed E-state index contributed by atoms with van der Waals surface area (Å²) >= 11 is 0. The van der Waals surface area contributed by atoms with E-state index in [4.69, 9.17) is 28.0 Å². The highest BCUT2D eigenvalue weighted by atomic mass is 31.2. The molecule has 36 heteroatoms. The molecule has 8 fully saturated rings. The standard InChI is InChI=1S/C38H54F3N6O10P.C36H48F3N5O8/c1-7-23-21-37(23,33(50)45-58(53,54-5)55-6)44-31(48)29-20-26(22-47(29)32(49)30(36(2,3)4)43-35(52)56-25-13-9-10-14-25)57-34(51)42-27-19-24(38(39,40)41)15-16-28(27)46-17-11-8-12-18-46;1-5-21-19-35(21,31(47)48)42-29(45)27-18-24(20-44(27)30(46)28(34(2,3)4)41-33(50)51-23-11-7-8-12-23)52-32(49)40-25-17-22(36(37,38)39)13-14-26(25)43-15-9-6-10-16-43/h7,15-16,19,23,25-26,29-30H,1,8-14,17-18,20-22H2,2-6H3,(H,42,51)(H,43,52)(H,44,48)(H,45,50,53);5,13-14,17,21,23-24,27-28H,1,6-12,15-16,18-20H2,2-4H3,(H,40,49)(H,41,50)(H,42,45)(H,47,48)/t23-,26-,29+,30-,37-;21-,24-,27+,28-,35-/m11/s1. The number of hydrogen-bond acceptors (Lipinski definition) is 19. The van der Waals surface area contributed by atoms with E-state index in [1.54, 1.807) is 41.5 Å². The minimum absolute atomic E-state index is 0.0556. The van der Waals surface area contributed by atoms with Crippen LogP contribution in [0.4, 0.5) is 68.3 Å². The van der Waals surface area contributed by atoms with E-state index in [1.165, 1.54) is 24.3 Å². The van der Waals surface area contributed by atoms with Gasteiger partial charge >= 0.3 is 50.4 Å². The number of ether oxygens (including phenoxy) is 4. The lowest BCUT2D eigenvalue weighted by Gasteiger charge is -2.35. The molecule has 110 heavy (non-hydrogen) atoms. The van der Waals surface area contributed by atoms with Gasteiger partial charge in [0.05, 0.1) is 47.0 Å². The fourth-order valence-electron chi connectivity index (χ4n) is 15.1. The number of hydrogen-bond donors (Lipinski definition) is 8. The summed E-state index contributed by atoms with van der Waals surface area (Å²) in [4.78, 5) is 141. The van der Waals surface area contributed by atoms with Gasteiger partial charge in [-0.25, -0.2) is 28.5 Å². The Bertz CT molecular complexity index is 3810. The summed E-state index contributed by atoms with van der Waals surface area (Å²) in [6, 6.07) is 1.04. The maximum Gasteiger partial charge on any atom is 0.434 e. The van der Waals surface area contributed by atoms with Gasteiger partial charge in [0.1, 0.15) is 59.7 Å². The molecule has 0 radical (unpaired) electrons. The molecule has 4 aliphatic carbocycles. The number of carbonyl (C=O) groups excluding carboxylic acids is 9. The first kappa shape index (κ1) is 85.2. The van der Waals surface area contributed by atoms with Crippen molar-refractivity contribution in [1.82, 2.24) is 36.2 Å². The summed E-state index contributed by atoms with van der Waals surface area (Å²) in [6.45, 7) is 19.3. The highest BCUT2D eigenvalue weighted by molar-refractivity contribution is 7.52. The summed E-state index contributed by atoms with van der Waals surface area (Å²) < 4.78 is 127. The van der Waals surface area contributed by atoms with Gasteiger partial charge in [-0.1, -0.05) is 53.7 Å². The average Bonchev–Trinajstić information content (AvgIpc) is 1.58. The smallest absolute Gasteiger partial charge is 0.434 e. The van der Waals surface area contributed by atoms with Crippen molar-refractivity contribution in [2.24, 2.45) is 22.7 Å². The van der Waals surface area contributed by atoms with Gasteiger partial charge < -0.3 is 64.9 Å². The van der Waals surface area contributed by atoms with Gasteiger partial charge in [0.15, 0.2) is 0 Å². The van der Waals surface area contributed by atoms with Crippen LogP contribution in [0.3, 0.4) is 0 Å². The zero-order chi connectivity index (χ0) is 80.6. The maximum atomic E-state index is 14.5. The van der Waals surface area contributed by atoms with Crippen molar-refractivity contribution in [2.45, 2.75) is 229 Å². The normalized spacial score (nSPS) is 24.9. The van der Waals surface area contributed by atoms with Crippen molar-refractivity contribution >= 4 is 90.4 Å². The zero-order valence-corrected chi connectivity index (χ0v) is 64.1. The van der Waals surface area contributed by atoms with Crippen LogP contribution in [0.25, 0.3) is 0 Å². The number of aliphatic carboxylic acids is 1. The van der Waals surface area contributed by atoms with Gasteiger partial charge in [0, 0.05) is 65.1 Å². The quantitative estimate of drug-likeness (QED) is 0.0222. The third-order valence-corrected chi connectivity index (χ3v) is 22.9. The van der Waals surface area contributed by atoms with Crippen molar-refractivity contribution in [3.63, 3.8) is 0 Å². The molecule has 9 amide bonds. The summed E-state index contributed by atoms with van der Waals surface area (Å²) in [6.07, 6.45) is -2.00. The van der Waals surface area contributed by atoms with Crippen LogP contribution in [0.2, 0.25) is 0 Å². The Balaban J connectivity index is 0.000000255. The second-order valence-electron chi connectivity index (χ2n) is 31.5. The van der Waals surface area contributed by atoms with Crippen LogP contribution in [0.1, 0.15) is 168 Å². The van der Waals surface area contributed by atoms with Crippen molar-refractivity contribution in [3.8, 4) is 0 Å². The van der Waals surface area contributed by atoms with Gasteiger partial charge in [-0.2, -0.15) is 26.3 Å². The second-order valence-corrected chi connectivity index (χ2v) is 33.4. The number of likely N-dealkylation sites (tertiary alicyclic amines) is 2. The molecule has 4 heterocycles. The first-order chi connectivity index (χ1) is 51.7. The van der Waals surface area contributed by atoms with E-state index in [1.807, 2.05) is 9.80 Å². The molecule has 29 nitrogen and oxygen atoms in total. The lowest BCUT2D eigenvalue weighted by molar-refractivity contribution is -0.146. The van der Waals surface area contributed by atoms with E-state index < -0.39 is 161 Å². The molecule has 4 aliphatic heterocycles. The molecule has 10 rings (SSSR count). The Morgan fingerprint density at radius 2 is 0.882 bits per heavy atom. The fraction of sp³-hybridized carbons (Fsp3) is 0.649. The largest absolute Gasteiger partial charge is 0.479 e. The Kier molecular flexibility index (Phi) is 27.0. The second kappa shape index (κ2) is 34.8. The van der Waals surface area contributed by atoms with E-state index in [-0.39, 0.29) is 62.4 Å². The number of amides is 9. The van der Waals surface area contributed by atoms with Crippen molar-refractivity contribution in [3.05, 3.63) is 72.8 Å². The number of piperidine rings is 2. The van der Waals surface area contributed by atoms with Crippen molar-refractivity contribution < 1.29 is 112 Å². The molecule has 0 unspecified atom stereocenters. The van der Waals surface area contributed by atoms with Crippen LogP contribution in [-0.4, -0.2) is 188 Å². The first-order valence-corrected chi connectivity index (χ1v) is 38.8. The number of carboxylic acids is 1. The first-order valence-electron chi connectivity index (χ1n) is 37.3. The number of carbonyl (C=O) groups is 10. The Morgan fingerprint density at radius 3 is 1.21 bits per heavy atom. The Morgan fingerprint density at radius 1 is 0.527 bits per heavy atom. The topological polar surface area (TPSA) is 361 Å². The molecule has 0 aromatic heterocycles. The molecule has 8 N–H and O–H groups in total. The molecule has 10 atom stereocenters. The van der Waals surface area contributed by atoms with Crippen LogP contribution in [0, 0.1) is 22.7 Å². The summed E-state index contributed by atoms with van der Waals surface area (Å²) in [5, 5.41) is 27.6. The number of alkyl carbamates (subject to hydrolysis) is 2. The van der Waals surface area contributed by atoms with Crippen LogP contribution in [0.15, 0.2) is 61.7 Å². The predicted molar refractivity (Wildman–Crippen MR) is 389 cm³/mol. The maximum absolute atomic E-state index is 14.5. The predicted octanol–water partition coefficient (Wildman–Crippen LogP) is 11.3. The molecule has 8 aliphatic rings. The number of halogens is 6. The number of nitrogens with one attached hydrogen (secondary N) is 7. The lowest BCUT2D eigenvalue weighted by atomic mass is 9.85. The van der Waals surface area contributed by atoms with E-state index >= 15 is 0 Å². The SMILES string of the molecule is C=C[C@@H]1C[C@]1(NC(=O)[C@@H]1C[C@@H](OC(=O)Nc2cc(C(F)(F)F)ccc2N2CCCCC2)CN1C(=O)[C@@H](NC(=O)OC1CCCC1)C(C)(C)C)C(=O)NP(=O)(OC)OC.C=C[C@@H]1C[C@]1(NC(=O)[C@@H]1C[C@@H](OC(=O)Nc2cc(C(F)(F)F)ccc2N2CCCCC2)CN1C(=O)[C@@H](NC(=O)OC1CCCC1)C(C)(C)C)C(=O)O. The number of rotatable bonds is 23. The molecule has 0 spiro atoms. The summed E-state index contributed by atoms with van der Waals surface area (Å²) in [7, 11) is -1.96. The van der Waals surface area contributed by atoms with E-state index in [0.29, 0.717) is 63.2 Å². The monoisotopic (exact) mass is 1580 g/mol. The summed E-state index contributed by atoms with van der Waals surface area (Å²) in [5.74, 6) is -6.38. The van der Waals surface area contributed by atoms with Crippen molar-refractivity contribution in [1.29, 1.82) is 0 Å². The zero-order valence-electron chi connectivity index (χ0n) is 63.2. The minimum Gasteiger partial charge on any atom is -0.479 e. The highest BCUT2D eigenvalue weighted by Gasteiger charge is 2.63. The number of alkyl halides is 6. The molecule has 2 aromatic carbocycles. The number of benzene rings is 2. The van der Waals surface area contributed by atoms with Crippen LogP contribution >= 0.6 is 7.75 Å². The molecule has 4 saturated carbocycles. The average molecular weight is 1580 g/mol. The van der Waals surface area contributed by atoms with E-state index in [2.05, 4.69) is 50.1 Å². The van der Waals surface area contributed by atoms with Crippen LogP contribution in [-0.2, 0) is 73.7 Å². The van der Waals surface area contributed by atoms with Gasteiger partial charge in [-0.15, -0.1) is 13.2 Å². The van der Waals surface area contributed by atoms with Gasteiger partial charge in [-0.3, -0.25) is 48.7 Å². The highest BCUT2D eigenvalue weighted by Crippen LogP contribution is 2.50. The molecule has 4 saturated heterocycles. The lowest BCUT2D eigenvalue weighted by Crippen LogP contribution is -2.59.